The molecule has 3 heterocycles. The van der Waals surface area contributed by atoms with Crippen molar-refractivity contribution >= 4 is 16.3 Å². The summed E-state index contributed by atoms with van der Waals surface area (Å²) in [6.07, 6.45) is 3.46. The van der Waals surface area contributed by atoms with Crippen LogP contribution >= 0.6 is 11.3 Å². The van der Waals surface area contributed by atoms with Crippen molar-refractivity contribution in [3.05, 3.63) is 16.5 Å². The highest BCUT2D eigenvalue weighted by Crippen LogP contribution is 2.41. The molecule has 1 aromatic rings. The lowest BCUT2D eigenvalue weighted by molar-refractivity contribution is 0.174. The van der Waals surface area contributed by atoms with Crippen molar-refractivity contribution in [1.82, 2.24) is 4.90 Å². The molecule has 2 aliphatic heterocycles. The van der Waals surface area contributed by atoms with Crippen molar-refractivity contribution in [2.75, 3.05) is 32.1 Å². The third kappa shape index (κ3) is 1.98. The molecule has 0 saturated carbocycles. The number of piperidine rings is 1. The molecule has 0 radical (unpaired) electrons. The molecule has 4 heteroatoms. The third-order valence-electron chi connectivity index (χ3n) is 4.11. The number of hydrogen-bond acceptors (Lipinski definition) is 4. The number of rotatable bonds is 1. The zero-order chi connectivity index (χ0) is 12.0. The van der Waals surface area contributed by atoms with Crippen LogP contribution in [0.25, 0.3) is 0 Å². The predicted octanol–water partition coefficient (Wildman–Crippen LogP) is 1.83. The summed E-state index contributed by atoms with van der Waals surface area (Å²) in [6.45, 7) is 2.31. The Hall–Kier alpha value is -0.580. The molecule has 3 nitrogen and oxygen atoms in total. The lowest BCUT2D eigenvalue weighted by Gasteiger charge is -2.35. The van der Waals surface area contributed by atoms with E-state index in [1.807, 2.05) is 11.3 Å². The zero-order valence-electron chi connectivity index (χ0n) is 10.6. The first-order chi connectivity index (χ1) is 8.15. The molecular formula is C13H21N3S. The highest BCUT2D eigenvalue weighted by Gasteiger charge is 2.29. The van der Waals surface area contributed by atoms with Crippen molar-refractivity contribution in [1.29, 1.82) is 0 Å². The van der Waals surface area contributed by atoms with E-state index in [0.29, 0.717) is 12.1 Å². The topological polar surface area (TPSA) is 32.5 Å². The average Bonchev–Trinajstić information content (AvgIpc) is 2.85. The normalized spacial score (nSPS) is 29.7. The Bertz CT molecular complexity index is 415. The first kappa shape index (κ1) is 11.5. The third-order valence-corrected chi connectivity index (χ3v) is 5.50. The van der Waals surface area contributed by atoms with Gasteiger partial charge in [0.05, 0.1) is 5.00 Å². The zero-order valence-corrected chi connectivity index (χ0v) is 11.5. The minimum Gasteiger partial charge on any atom is -0.366 e. The Balaban J connectivity index is 1.86. The van der Waals surface area contributed by atoms with Gasteiger partial charge in [-0.2, -0.15) is 0 Å². The second kappa shape index (κ2) is 4.26. The number of likely N-dealkylation sites (tertiary alicyclic amines) is 1. The minimum absolute atomic E-state index is 0.380. The highest BCUT2D eigenvalue weighted by molar-refractivity contribution is 7.16. The molecule has 2 atom stereocenters. The number of likely N-dealkylation sites (N-methyl/N-ethyl adjacent to an activating group) is 1. The Morgan fingerprint density at radius 2 is 2.18 bits per heavy atom. The van der Waals surface area contributed by atoms with Crippen LogP contribution in [0.5, 0.6) is 0 Å². The van der Waals surface area contributed by atoms with Crippen molar-refractivity contribution in [2.45, 2.75) is 31.3 Å². The predicted molar refractivity (Wildman–Crippen MR) is 73.9 cm³/mol. The van der Waals surface area contributed by atoms with Crippen LogP contribution < -0.4 is 10.6 Å². The molecule has 2 unspecified atom stereocenters. The van der Waals surface area contributed by atoms with E-state index in [1.54, 1.807) is 5.56 Å². The molecule has 94 valence electrons. The van der Waals surface area contributed by atoms with Gasteiger partial charge in [0.25, 0.3) is 0 Å². The summed E-state index contributed by atoms with van der Waals surface area (Å²) in [4.78, 5) is 6.36. The molecule has 1 saturated heterocycles. The number of anilines is 1. The van der Waals surface area contributed by atoms with Gasteiger partial charge in [-0.15, -0.1) is 11.3 Å². The van der Waals surface area contributed by atoms with E-state index < -0.39 is 0 Å². The maximum absolute atomic E-state index is 6.11. The summed E-state index contributed by atoms with van der Waals surface area (Å²) in [5.41, 5.74) is 7.65. The van der Waals surface area contributed by atoms with Gasteiger partial charge in [0, 0.05) is 30.6 Å². The summed E-state index contributed by atoms with van der Waals surface area (Å²) >= 11 is 1.97. The van der Waals surface area contributed by atoms with E-state index in [-0.39, 0.29) is 0 Å². The van der Waals surface area contributed by atoms with E-state index >= 15 is 0 Å². The lowest BCUT2D eigenvalue weighted by atomic mass is 9.97. The van der Waals surface area contributed by atoms with Crippen molar-refractivity contribution < 1.29 is 0 Å². The van der Waals surface area contributed by atoms with Crippen molar-refractivity contribution in [2.24, 2.45) is 5.73 Å². The monoisotopic (exact) mass is 251 g/mol. The van der Waals surface area contributed by atoms with E-state index in [0.717, 1.165) is 19.4 Å². The van der Waals surface area contributed by atoms with E-state index in [9.17, 15) is 0 Å². The Labute approximate surface area is 107 Å². The van der Waals surface area contributed by atoms with Crippen LogP contribution in [0.1, 0.15) is 29.3 Å². The summed E-state index contributed by atoms with van der Waals surface area (Å²) in [5, 5.41) is 1.48. The van der Waals surface area contributed by atoms with Gasteiger partial charge in [0.1, 0.15) is 0 Å². The fraction of sp³-hybridized carbons (Fsp3) is 0.692. The maximum Gasteiger partial charge on any atom is 0.0942 e. The van der Waals surface area contributed by atoms with E-state index in [1.165, 1.54) is 22.8 Å². The fourth-order valence-corrected chi connectivity index (χ4v) is 4.32. The molecule has 0 bridgehead atoms. The van der Waals surface area contributed by atoms with Gasteiger partial charge in [-0.3, -0.25) is 4.90 Å². The molecule has 0 aromatic carbocycles. The maximum atomic E-state index is 6.11. The number of nitrogens with two attached hydrogens (primary N) is 1. The van der Waals surface area contributed by atoms with Gasteiger partial charge in [0.15, 0.2) is 0 Å². The van der Waals surface area contributed by atoms with Crippen molar-refractivity contribution in [3.63, 3.8) is 0 Å². The van der Waals surface area contributed by atoms with E-state index in [2.05, 4.69) is 30.0 Å². The number of fused-ring (bicyclic) bond motifs is 1. The van der Waals surface area contributed by atoms with Gasteiger partial charge in [-0.25, -0.2) is 0 Å². The largest absolute Gasteiger partial charge is 0.366 e. The smallest absolute Gasteiger partial charge is 0.0942 e. The minimum atomic E-state index is 0.380. The molecule has 3 rings (SSSR count). The van der Waals surface area contributed by atoms with Gasteiger partial charge in [-0.1, -0.05) is 0 Å². The van der Waals surface area contributed by atoms with Crippen LogP contribution in [0.3, 0.4) is 0 Å². The van der Waals surface area contributed by atoms with Crippen LogP contribution in [0, 0.1) is 0 Å². The average molecular weight is 251 g/mol. The Morgan fingerprint density at radius 3 is 2.94 bits per heavy atom. The summed E-state index contributed by atoms with van der Waals surface area (Å²) in [5.74, 6) is 0. The molecule has 0 amide bonds. The van der Waals surface area contributed by atoms with Crippen LogP contribution in [0.2, 0.25) is 0 Å². The lowest BCUT2D eigenvalue weighted by Crippen LogP contribution is -2.39. The summed E-state index contributed by atoms with van der Waals surface area (Å²) < 4.78 is 0. The van der Waals surface area contributed by atoms with Gasteiger partial charge in [-0.05, 0) is 44.5 Å². The molecule has 17 heavy (non-hydrogen) atoms. The molecule has 0 spiro atoms. The molecular weight excluding hydrogens is 230 g/mol. The van der Waals surface area contributed by atoms with Gasteiger partial charge in [0.2, 0.25) is 0 Å². The standard InChI is InChI=1S/C13H21N3S/c1-15-6-4-10(14)8-11(15)12-7-9-3-5-16(2)13(9)17-12/h7,10-11H,3-6,8,14H2,1-2H3. The second-order valence-corrected chi connectivity index (χ2v) is 6.49. The quantitative estimate of drug-likeness (QED) is 0.826. The summed E-state index contributed by atoms with van der Waals surface area (Å²) in [6, 6.07) is 3.34. The number of nitrogens with zero attached hydrogens (tertiary/aromatic N) is 2. The SMILES string of the molecule is CN1CCc2cc(C3CC(N)CCN3C)sc21. The molecule has 2 N–H and O–H groups in total. The Morgan fingerprint density at radius 1 is 1.35 bits per heavy atom. The first-order valence-electron chi connectivity index (χ1n) is 6.44. The summed E-state index contributed by atoms with van der Waals surface area (Å²) in [7, 11) is 4.42. The van der Waals surface area contributed by atoms with Crippen LogP contribution in [-0.4, -0.2) is 38.1 Å². The first-order valence-corrected chi connectivity index (χ1v) is 7.26. The molecule has 0 aliphatic carbocycles. The fourth-order valence-electron chi connectivity index (χ4n) is 2.94. The van der Waals surface area contributed by atoms with Crippen LogP contribution in [0.4, 0.5) is 5.00 Å². The Kier molecular flexibility index (Phi) is 2.89. The van der Waals surface area contributed by atoms with Gasteiger partial charge >= 0.3 is 0 Å². The second-order valence-electron chi connectivity index (χ2n) is 5.43. The molecule has 1 fully saturated rings. The van der Waals surface area contributed by atoms with Crippen molar-refractivity contribution in [3.8, 4) is 0 Å². The molecule has 1 aromatic heterocycles. The van der Waals surface area contributed by atoms with Crippen LogP contribution in [-0.2, 0) is 6.42 Å². The van der Waals surface area contributed by atoms with Gasteiger partial charge < -0.3 is 10.6 Å². The van der Waals surface area contributed by atoms with Crippen LogP contribution in [0.15, 0.2) is 6.07 Å². The highest BCUT2D eigenvalue weighted by atomic mass is 32.1. The number of thiophene rings is 1. The van der Waals surface area contributed by atoms with E-state index in [4.69, 9.17) is 5.73 Å². The number of hydrogen-bond donors (Lipinski definition) is 1. The molecule has 2 aliphatic rings.